The number of carboxylic acids is 1. The fourth-order valence-electron chi connectivity index (χ4n) is 6.14. The van der Waals surface area contributed by atoms with Gasteiger partial charge in [-0.05, 0) is 86.7 Å². The van der Waals surface area contributed by atoms with Gasteiger partial charge in [0, 0.05) is 41.0 Å². The standard InChI is InChI=1S/C33H33Cl3FNO5/c1-33(2)25-17-24(32(41)38(13-3-4-30(39)40)18-19-5-8-21(34)9-6-19)29(15-20-7-11-27(37)26(36)14-20)42-31(25)23-16-22(35)10-12-28(23)43-33/h5-12,14,16,24-25,29,31H,3-4,13,15,17-18H2,1-2H3,(H,39,40)/t24-,25-,29-,31+/m1/s1. The Labute approximate surface area is 265 Å². The highest BCUT2D eigenvalue weighted by atomic mass is 35.5. The van der Waals surface area contributed by atoms with Crippen LogP contribution in [-0.2, 0) is 27.3 Å². The second-order valence-corrected chi connectivity index (χ2v) is 13.0. The van der Waals surface area contributed by atoms with E-state index in [-0.39, 0.29) is 42.5 Å². The Bertz CT molecular complexity index is 1500. The van der Waals surface area contributed by atoms with Crippen LogP contribution in [-0.4, -0.2) is 40.1 Å². The first-order chi connectivity index (χ1) is 20.4. The first kappa shape index (κ1) is 31.6. The molecule has 6 nitrogen and oxygen atoms in total. The van der Waals surface area contributed by atoms with Crippen molar-refractivity contribution < 1.29 is 28.6 Å². The van der Waals surface area contributed by atoms with E-state index in [0.29, 0.717) is 35.1 Å². The fraction of sp³-hybridized carbons (Fsp3) is 0.394. The summed E-state index contributed by atoms with van der Waals surface area (Å²) in [6, 6.07) is 17.2. The van der Waals surface area contributed by atoms with Gasteiger partial charge in [-0.3, -0.25) is 9.59 Å². The molecule has 0 aromatic heterocycles. The zero-order valence-corrected chi connectivity index (χ0v) is 26.1. The van der Waals surface area contributed by atoms with Gasteiger partial charge in [-0.15, -0.1) is 0 Å². The van der Waals surface area contributed by atoms with Crippen molar-refractivity contribution in [3.8, 4) is 5.75 Å². The Balaban J connectivity index is 1.51. The molecule has 0 radical (unpaired) electrons. The number of rotatable bonds is 9. The van der Waals surface area contributed by atoms with E-state index in [0.717, 1.165) is 16.7 Å². The van der Waals surface area contributed by atoms with Crippen molar-refractivity contribution in [1.29, 1.82) is 0 Å². The van der Waals surface area contributed by atoms with Crippen LogP contribution < -0.4 is 4.74 Å². The molecule has 0 bridgehead atoms. The van der Waals surface area contributed by atoms with Gasteiger partial charge >= 0.3 is 5.97 Å². The van der Waals surface area contributed by atoms with Gasteiger partial charge < -0.3 is 19.5 Å². The van der Waals surface area contributed by atoms with Crippen LogP contribution in [0.1, 0.15) is 55.9 Å². The Morgan fingerprint density at radius 3 is 2.40 bits per heavy atom. The number of halogens is 4. The number of nitrogens with zero attached hydrogens (tertiary/aromatic N) is 1. The van der Waals surface area contributed by atoms with Crippen LogP contribution >= 0.6 is 34.8 Å². The maximum absolute atomic E-state index is 14.5. The molecule has 228 valence electrons. The summed E-state index contributed by atoms with van der Waals surface area (Å²) in [7, 11) is 0. The van der Waals surface area contributed by atoms with Crippen LogP contribution in [0.15, 0.2) is 60.7 Å². The normalized spacial score (nSPS) is 22.2. The van der Waals surface area contributed by atoms with E-state index in [1.165, 1.54) is 6.07 Å². The summed E-state index contributed by atoms with van der Waals surface area (Å²) < 4.78 is 27.3. The van der Waals surface area contributed by atoms with Crippen molar-refractivity contribution in [3.05, 3.63) is 98.2 Å². The average molecular weight is 649 g/mol. The summed E-state index contributed by atoms with van der Waals surface area (Å²) >= 11 is 18.6. The molecule has 1 fully saturated rings. The largest absolute Gasteiger partial charge is 0.487 e. The summed E-state index contributed by atoms with van der Waals surface area (Å²) in [6.07, 6.45) is 0.0419. The number of carbonyl (C=O) groups is 2. The van der Waals surface area contributed by atoms with Crippen molar-refractivity contribution in [2.75, 3.05) is 6.54 Å². The van der Waals surface area contributed by atoms with E-state index in [2.05, 4.69) is 0 Å². The zero-order chi connectivity index (χ0) is 30.9. The number of ether oxygens (including phenoxy) is 2. The van der Waals surface area contributed by atoms with Gasteiger partial charge in [-0.25, -0.2) is 4.39 Å². The van der Waals surface area contributed by atoms with E-state index in [1.54, 1.807) is 35.2 Å². The van der Waals surface area contributed by atoms with Crippen molar-refractivity contribution in [2.24, 2.45) is 11.8 Å². The number of fused-ring (bicyclic) bond motifs is 3. The molecule has 10 heteroatoms. The predicted octanol–water partition coefficient (Wildman–Crippen LogP) is 8.16. The molecule has 2 aliphatic heterocycles. The molecule has 0 spiro atoms. The molecule has 2 aliphatic rings. The molecule has 0 unspecified atom stereocenters. The lowest BCUT2D eigenvalue weighted by Gasteiger charge is -2.51. The molecule has 0 aliphatic carbocycles. The van der Waals surface area contributed by atoms with Gasteiger partial charge in [0.2, 0.25) is 5.91 Å². The van der Waals surface area contributed by atoms with Crippen LogP contribution in [0.2, 0.25) is 15.1 Å². The molecule has 1 amide bonds. The monoisotopic (exact) mass is 647 g/mol. The molecule has 43 heavy (non-hydrogen) atoms. The molecule has 1 saturated heterocycles. The smallest absolute Gasteiger partial charge is 0.303 e. The molecule has 5 rings (SSSR count). The lowest BCUT2D eigenvalue weighted by molar-refractivity contribution is -0.184. The molecule has 0 saturated carbocycles. The van der Waals surface area contributed by atoms with Crippen molar-refractivity contribution in [3.63, 3.8) is 0 Å². The van der Waals surface area contributed by atoms with Crippen LogP contribution in [0.5, 0.6) is 5.75 Å². The zero-order valence-electron chi connectivity index (χ0n) is 23.9. The Hall–Kier alpha value is -2.84. The maximum atomic E-state index is 14.5. The third kappa shape index (κ3) is 7.28. The van der Waals surface area contributed by atoms with Gasteiger partial charge in [-0.2, -0.15) is 0 Å². The first-order valence-electron chi connectivity index (χ1n) is 14.2. The second-order valence-electron chi connectivity index (χ2n) is 11.8. The lowest BCUT2D eigenvalue weighted by atomic mass is 9.71. The van der Waals surface area contributed by atoms with Gasteiger partial charge in [-0.1, -0.05) is 53.0 Å². The van der Waals surface area contributed by atoms with Crippen LogP contribution in [0.25, 0.3) is 0 Å². The molecule has 4 atom stereocenters. The number of carboxylic acid groups (broad SMARTS) is 1. The van der Waals surface area contributed by atoms with E-state index in [1.807, 2.05) is 38.1 Å². The third-order valence-corrected chi connectivity index (χ3v) is 9.12. The molecular weight excluding hydrogens is 616 g/mol. The lowest BCUT2D eigenvalue weighted by Crippen LogP contribution is -2.54. The highest BCUT2D eigenvalue weighted by molar-refractivity contribution is 6.31. The molecule has 1 N–H and O–H groups in total. The molecule has 3 aromatic carbocycles. The quantitative estimate of drug-likeness (QED) is 0.253. The number of hydrogen-bond donors (Lipinski definition) is 1. The van der Waals surface area contributed by atoms with Crippen LogP contribution in [0.3, 0.4) is 0 Å². The van der Waals surface area contributed by atoms with Crippen molar-refractivity contribution in [2.45, 2.75) is 63.9 Å². The number of carbonyl (C=O) groups excluding carboxylic acids is 1. The highest BCUT2D eigenvalue weighted by Gasteiger charge is 2.52. The summed E-state index contributed by atoms with van der Waals surface area (Å²) in [5.41, 5.74) is 1.78. The highest BCUT2D eigenvalue weighted by Crippen LogP contribution is 2.53. The van der Waals surface area contributed by atoms with Crippen LogP contribution in [0.4, 0.5) is 4.39 Å². The summed E-state index contributed by atoms with van der Waals surface area (Å²) in [4.78, 5) is 27.5. The second kappa shape index (κ2) is 13.0. The third-order valence-electron chi connectivity index (χ3n) is 8.34. The fourth-order valence-corrected chi connectivity index (χ4v) is 6.65. The summed E-state index contributed by atoms with van der Waals surface area (Å²) in [5.74, 6) is -1.69. The Morgan fingerprint density at radius 2 is 1.70 bits per heavy atom. The molecule has 3 aromatic rings. The Kier molecular flexibility index (Phi) is 9.57. The first-order valence-corrected chi connectivity index (χ1v) is 15.4. The summed E-state index contributed by atoms with van der Waals surface area (Å²) in [6.45, 7) is 4.52. The summed E-state index contributed by atoms with van der Waals surface area (Å²) in [5, 5.41) is 10.4. The minimum absolute atomic E-state index is 0.00331. The number of hydrogen-bond acceptors (Lipinski definition) is 4. The van der Waals surface area contributed by atoms with Gasteiger partial charge in [0.25, 0.3) is 0 Å². The van der Waals surface area contributed by atoms with E-state index < -0.39 is 29.4 Å². The van der Waals surface area contributed by atoms with E-state index in [9.17, 15) is 19.1 Å². The Morgan fingerprint density at radius 1 is 1.00 bits per heavy atom. The number of amides is 1. The van der Waals surface area contributed by atoms with E-state index in [4.69, 9.17) is 44.3 Å². The van der Waals surface area contributed by atoms with Crippen molar-refractivity contribution in [1.82, 2.24) is 4.90 Å². The topological polar surface area (TPSA) is 76.1 Å². The minimum atomic E-state index is -0.924. The van der Waals surface area contributed by atoms with Gasteiger partial charge in [0.05, 0.1) is 23.1 Å². The van der Waals surface area contributed by atoms with Crippen molar-refractivity contribution >= 4 is 46.7 Å². The minimum Gasteiger partial charge on any atom is -0.487 e. The predicted molar refractivity (Wildman–Crippen MR) is 164 cm³/mol. The van der Waals surface area contributed by atoms with Crippen LogP contribution in [0, 0.1) is 17.7 Å². The molecular formula is C33H33Cl3FNO5. The van der Waals surface area contributed by atoms with Gasteiger partial charge in [0.1, 0.15) is 17.2 Å². The van der Waals surface area contributed by atoms with Gasteiger partial charge in [0.15, 0.2) is 0 Å². The SMILES string of the molecule is CC1(C)Oc2ccc(Cl)cc2[C@@H]2O[C@H](Cc3ccc(F)c(Cl)c3)[C@H](C(=O)N(CCCC(=O)O)Cc3ccc(Cl)cc3)C[C@H]21. The number of benzene rings is 3. The van der Waals surface area contributed by atoms with E-state index >= 15 is 0 Å². The molecule has 2 heterocycles. The maximum Gasteiger partial charge on any atom is 0.303 e. The average Bonchev–Trinajstić information content (AvgIpc) is 2.95. The number of aliphatic carboxylic acids is 1.